The second kappa shape index (κ2) is 4.75. The minimum Gasteiger partial charge on any atom is -0.507 e. The summed E-state index contributed by atoms with van der Waals surface area (Å²) in [6, 6.07) is 14.1. The summed E-state index contributed by atoms with van der Waals surface area (Å²) in [4.78, 5) is 0. The van der Waals surface area contributed by atoms with Crippen LogP contribution >= 0.6 is 15.9 Å². The first-order valence-corrected chi connectivity index (χ1v) is 8.43. The lowest BCUT2D eigenvalue weighted by Crippen LogP contribution is -2.11. The number of fused-ring (bicyclic) bond motifs is 5. The van der Waals surface area contributed by atoms with E-state index < -0.39 is 0 Å². The molecule has 0 aliphatic heterocycles. The SMILES string of the molecule is CC(C)(C)c1cc(O)c(Br)c2c1oc1ccc3ccccc3c12. The maximum atomic E-state index is 10.4. The number of phenolic OH excluding ortho intramolecular Hbond substituents is 1. The Kier molecular flexibility index (Phi) is 3.01. The van der Waals surface area contributed by atoms with E-state index in [-0.39, 0.29) is 11.2 Å². The van der Waals surface area contributed by atoms with Gasteiger partial charge >= 0.3 is 0 Å². The highest BCUT2D eigenvalue weighted by molar-refractivity contribution is 9.10. The number of rotatable bonds is 0. The van der Waals surface area contributed by atoms with Crippen molar-refractivity contribution in [2.24, 2.45) is 0 Å². The van der Waals surface area contributed by atoms with Crippen LogP contribution in [0.2, 0.25) is 0 Å². The lowest BCUT2D eigenvalue weighted by molar-refractivity contribution is 0.468. The molecule has 1 aromatic heterocycles. The zero-order valence-corrected chi connectivity index (χ0v) is 14.9. The largest absolute Gasteiger partial charge is 0.507 e. The lowest BCUT2D eigenvalue weighted by atomic mass is 9.85. The van der Waals surface area contributed by atoms with Crippen molar-refractivity contribution in [3.05, 3.63) is 52.5 Å². The highest BCUT2D eigenvalue weighted by Gasteiger charge is 2.25. The molecule has 0 atom stereocenters. The molecule has 116 valence electrons. The standard InChI is InChI=1S/C20H17BrO2/c1-20(2,3)13-10-14(22)18(21)17-16-12-7-5-4-6-11(12)8-9-15(16)23-19(13)17/h4-10,22H,1-3H3. The van der Waals surface area contributed by atoms with Gasteiger partial charge in [-0.15, -0.1) is 0 Å². The third-order valence-electron chi connectivity index (χ3n) is 4.36. The van der Waals surface area contributed by atoms with Crippen LogP contribution in [0.5, 0.6) is 5.75 Å². The summed E-state index contributed by atoms with van der Waals surface area (Å²) in [5, 5.41) is 14.7. The lowest BCUT2D eigenvalue weighted by Gasteiger charge is -2.20. The zero-order chi connectivity index (χ0) is 16.4. The van der Waals surface area contributed by atoms with E-state index in [2.05, 4.69) is 54.9 Å². The van der Waals surface area contributed by atoms with Crippen LogP contribution in [0.1, 0.15) is 26.3 Å². The summed E-state index contributed by atoms with van der Waals surface area (Å²) in [5.74, 6) is 0.248. The predicted octanol–water partition coefficient (Wildman–Crippen LogP) is 6.50. The Balaban J connectivity index is 2.32. The quantitative estimate of drug-likeness (QED) is 0.384. The monoisotopic (exact) mass is 368 g/mol. The van der Waals surface area contributed by atoms with Crippen molar-refractivity contribution >= 4 is 48.6 Å². The fourth-order valence-corrected chi connectivity index (χ4v) is 3.71. The van der Waals surface area contributed by atoms with Crippen LogP contribution in [0.3, 0.4) is 0 Å². The molecule has 4 aromatic rings. The second-order valence-electron chi connectivity index (χ2n) is 6.97. The van der Waals surface area contributed by atoms with Gasteiger partial charge in [0.25, 0.3) is 0 Å². The molecule has 0 unspecified atom stereocenters. The molecule has 3 heteroatoms. The van der Waals surface area contributed by atoms with Gasteiger partial charge in [-0.2, -0.15) is 0 Å². The van der Waals surface area contributed by atoms with E-state index in [4.69, 9.17) is 4.42 Å². The molecule has 0 aliphatic carbocycles. The number of hydrogen-bond acceptors (Lipinski definition) is 2. The number of hydrogen-bond donors (Lipinski definition) is 1. The Labute approximate surface area is 142 Å². The van der Waals surface area contributed by atoms with Crippen LogP contribution in [-0.2, 0) is 5.41 Å². The smallest absolute Gasteiger partial charge is 0.140 e. The van der Waals surface area contributed by atoms with Crippen LogP contribution in [0.25, 0.3) is 32.7 Å². The maximum Gasteiger partial charge on any atom is 0.140 e. The number of aromatic hydroxyl groups is 1. The van der Waals surface area contributed by atoms with E-state index in [0.29, 0.717) is 4.47 Å². The Morgan fingerprint density at radius 2 is 1.74 bits per heavy atom. The van der Waals surface area contributed by atoms with Gasteiger partial charge in [-0.3, -0.25) is 0 Å². The van der Waals surface area contributed by atoms with Crippen molar-refractivity contribution in [3.8, 4) is 5.75 Å². The predicted molar refractivity (Wildman–Crippen MR) is 99.3 cm³/mol. The van der Waals surface area contributed by atoms with Gasteiger partial charge in [0, 0.05) is 16.3 Å². The van der Waals surface area contributed by atoms with Gasteiger partial charge in [0.1, 0.15) is 16.9 Å². The zero-order valence-electron chi connectivity index (χ0n) is 13.3. The molecule has 2 nitrogen and oxygen atoms in total. The van der Waals surface area contributed by atoms with Gasteiger partial charge in [-0.1, -0.05) is 51.1 Å². The van der Waals surface area contributed by atoms with E-state index in [1.807, 2.05) is 18.2 Å². The summed E-state index contributed by atoms with van der Waals surface area (Å²) in [7, 11) is 0. The molecule has 0 amide bonds. The van der Waals surface area contributed by atoms with E-state index >= 15 is 0 Å². The van der Waals surface area contributed by atoms with Crippen LogP contribution in [-0.4, -0.2) is 5.11 Å². The van der Waals surface area contributed by atoms with Gasteiger partial charge in [0.05, 0.1) is 4.47 Å². The third kappa shape index (κ3) is 2.07. The molecule has 0 fully saturated rings. The van der Waals surface area contributed by atoms with Crippen molar-refractivity contribution in [3.63, 3.8) is 0 Å². The molecule has 1 N–H and O–H groups in total. The van der Waals surface area contributed by atoms with Crippen LogP contribution in [0.15, 0.2) is 51.4 Å². The molecular weight excluding hydrogens is 352 g/mol. The first kappa shape index (κ1) is 14.6. The summed E-state index contributed by atoms with van der Waals surface area (Å²) in [6.07, 6.45) is 0. The molecule has 0 bridgehead atoms. The van der Waals surface area contributed by atoms with Gasteiger partial charge < -0.3 is 9.52 Å². The van der Waals surface area contributed by atoms with Gasteiger partial charge in [-0.05, 0) is 44.3 Å². The fourth-order valence-electron chi connectivity index (χ4n) is 3.22. The molecule has 1 heterocycles. The van der Waals surface area contributed by atoms with Gasteiger partial charge in [0.15, 0.2) is 0 Å². The maximum absolute atomic E-state index is 10.4. The first-order chi connectivity index (χ1) is 10.9. The minimum absolute atomic E-state index is 0.125. The normalized spacial score (nSPS) is 12.5. The Hall–Kier alpha value is -2.00. The van der Waals surface area contributed by atoms with Crippen molar-refractivity contribution in [1.82, 2.24) is 0 Å². The van der Waals surface area contributed by atoms with Crippen LogP contribution in [0, 0.1) is 0 Å². The fraction of sp³-hybridized carbons (Fsp3) is 0.200. The summed E-state index contributed by atoms with van der Waals surface area (Å²) >= 11 is 3.56. The number of furan rings is 1. The average molecular weight is 369 g/mol. The Morgan fingerprint density at radius 3 is 2.48 bits per heavy atom. The van der Waals surface area contributed by atoms with E-state index in [0.717, 1.165) is 38.3 Å². The van der Waals surface area contributed by atoms with E-state index in [1.165, 1.54) is 0 Å². The number of halogens is 1. The first-order valence-electron chi connectivity index (χ1n) is 7.64. The molecular formula is C20H17BrO2. The molecule has 3 aromatic carbocycles. The summed E-state index contributed by atoms with van der Waals surface area (Å²) in [6.45, 7) is 6.38. The highest BCUT2D eigenvalue weighted by atomic mass is 79.9. The summed E-state index contributed by atoms with van der Waals surface area (Å²) < 4.78 is 6.90. The molecule has 0 spiro atoms. The van der Waals surface area contributed by atoms with Crippen molar-refractivity contribution in [2.45, 2.75) is 26.2 Å². The molecule has 0 aliphatic rings. The Morgan fingerprint density at radius 1 is 1.00 bits per heavy atom. The van der Waals surface area contributed by atoms with Gasteiger partial charge in [0.2, 0.25) is 0 Å². The number of benzene rings is 3. The molecule has 0 saturated carbocycles. The molecule has 0 radical (unpaired) electrons. The average Bonchev–Trinajstić information content (AvgIpc) is 2.89. The van der Waals surface area contributed by atoms with Crippen molar-refractivity contribution in [1.29, 1.82) is 0 Å². The molecule has 23 heavy (non-hydrogen) atoms. The minimum atomic E-state index is -0.125. The van der Waals surface area contributed by atoms with E-state index in [9.17, 15) is 5.11 Å². The summed E-state index contributed by atoms with van der Waals surface area (Å²) in [5.41, 5.74) is 2.57. The topological polar surface area (TPSA) is 33.4 Å². The second-order valence-corrected chi connectivity index (χ2v) is 7.77. The number of phenols is 1. The molecule has 4 rings (SSSR count). The highest BCUT2D eigenvalue weighted by Crippen LogP contribution is 2.46. The molecule has 0 saturated heterocycles. The van der Waals surface area contributed by atoms with E-state index in [1.54, 1.807) is 6.07 Å². The third-order valence-corrected chi connectivity index (χ3v) is 5.16. The Bertz CT molecular complexity index is 1070. The van der Waals surface area contributed by atoms with Gasteiger partial charge in [-0.25, -0.2) is 0 Å². The van der Waals surface area contributed by atoms with Crippen LogP contribution in [0.4, 0.5) is 0 Å². The van der Waals surface area contributed by atoms with Crippen molar-refractivity contribution < 1.29 is 9.52 Å². The van der Waals surface area contributed by atoms with Crippen LogP contribution < -0.4 is 0 Å². The van der Waals surface area contributed by atoms with Crippen molar-refractivity contribution in [2.75, 3.05) is 0 Å².